The van der Waals surface area contributed by atoms with Crippen LogP contribution in [0.3, 0.4) is 0 Å². The first-order chi connectivity index (χ1) is 5.87. The lowest BCUT2D eigenvalue weighted by molar-refractivity contribution is 0.125. The van der Waals surface area contributed by atoms with E-state index >= 15 is 0 Å². The lowest BCUT2D eigenvalue weighted by atomic mass is 10.1. The lowest BCUT2D eigenvalue weighted by Crippen LogP contribution is -2.59. The van der Waals surface area contributed by atoms with Crippen molar-refractivity contribution >= 4 is 10.0 Å². The van der Waals surface area contributed by atoms with Crippen LogP contribution < -0.4 is 4.72 Å². The van der Waals surface area contributed by atoms with Crippen molar-refractivity contribution in [2.24, 2.45) is 5.92 Å². The molecule has 78 valence electrons. The van der Waals surface area contributed by atoms with Crippen molar-refractivity contribution in [3.05, 3.63) is 0 Å². The summed E-state index contributed by atoms with van der Waals surface area (Å²) in [4.78, 5) is 2.26. The van der Waals surface area contributed by atoms with Crippen LogP contribution in [-0.2, 0) is 10.0 Å². The van der Waals surface area contributed by atoms with E-state index in [2.05, 4.69) is 23.5 Å². The van der Waals surface area contributed by atoms with E-state index < -0.39 is 10.0 Å². The molecule has 0 atom stereocenters. The van der Waals surface area contributed by atoms with E-state index in [1.54, 1.807) is 0 Å². The zero-order chi connectivity index (χ0) is 10.1. The van der Waals surface area contributed by atoms with Gasteiger partial charge in [0.2, 0.25) is 10.0 Å². The van der Waals surface area contributed by atoms with Crippen molar-refractivity contribution in [2.75, 3.05) is 25.9 Å². The largest absolute Gasteiger partial charge is 0.300 e. The number of rotatable bonds is 4. The molecular weight excluding hydrogens is 188 g/mol. The van der Waals surface area contributed by atoms with Gasteiger partial charge in [-0.1, -0.05) is 13.8 Å². The summed E-state index contributed by atoms with van der Waals surface area (Å²) in [6.07, 6.45) is 1.21. The summed E-state index contributed by atoms with van der Waals surface area (Å²) >= 11 is 0. The molecule has 1 aliphatic heterocycles. The lowest BCUT2D eigenvalue weighted by Gasteiger charge is -2.40. The third kappa shape index (κ3) is 4.06. The minimum Gasteiger partial charge on any atom is -0.300 e. The molecule has 0 aromatic heterocycles. The second-order valence-corrected chi connectivity index (χ2v) is 5.98. The predicted molar refractivity (Wildman–Crippen MR) is 53.0 cm³/mol. The highest BCUT2D eigenvalue weighted by atomic mass is 32.2. The summed E-state index contributed by atoms with van der Waals surface area (Å²) in [6, 6.07) is 0.133. The summed E-state index contributed by atoms with van der Waals surface area (Å²) < 4.78 is 24.3. The fourth-order valence-corrected chi connectivity index (χ4v) is 2.37. The van der Waals surface area contributed by atoms with E-state index in [9.17, 15) is 8.42 Å². The molecule has 0 bridgehead atoms. The smallest absolute Gasteiger partial charge is 0.209 e. The van der Waals surface area contributed by atoms with E-state index in [1.165, 1.54) is 6.26 Å². The van der Waals surface area contributed by atoms with Crippen molar-refractivity contribution in [1.82, 2.24) is 9.62 Å². The maximum Gasteiger partial charge on any atom is 0.209 e. The standard InChI is InChI=1S/C8H18N2O2S/c1-7(2)4-10-5-8(6-10)9-13(3,11)12/h7-9H,4-6H2,1-3H3. The second kappa shape index (κ2) is 3.94. The van der Waals surface area contributed by atoms with Gasteiger partial charge in [0.1, 0.15) is 0 Å². The molecule has 1 heterocycles. The van der Waals surface area contributed by atoms with Crippen LogP contribution in [-0.4, -0.2) is 45.2 Å². The van der Waals surface area contributed by atoms with Gasteiger partial charge in [0.15, 0.2) is 0 Å². The first kappa shape index (κ1) is 10.9. The van der Waals surface area contributed by atoms with Gasteiger partial charge in [0.05, 0.1) is 6.26 Å². The van der Waals surface area contributed by atoms with Crippen molar-refractivity contribution in [3.63, 3.8) is 0 Å². The molecular formula is C8H18N2O2S. The van der Waals surface area contributed by atoms with E-state index in [0.717, 1.165) is 19.6 Å². The van der Waals surface area contributed by atoms with E-state index in [-0.39, 0.29) is 6.04 Å². The predicted octanol–water partition coefficient (Wildman–Crippen LogP) is -0.124. The zero-order valence-electron chi connectivity index (χ0n) is 8.45. The van der Waals surface area contributed by atoms with Crippen LogP contribution >= 0.6 is 0 Å². The van der Waals surface area contributed by atoms with Gasteiger partial charge in [-0.15, -0.1) is 0 Å². The maximum atomic E-state index is 10.8. The third-order valence-electron chi connectivity index (χ3n) is 1.96. The van der Waals surface area contributed by atoms with Crippen LogP contribution in [0.15, 0.2) is 0 Å². The quantitative estimate of drug-likeness (QED) is 0.697. The van der Waals surface area contributed by atoms with Crippen LogP contribution in [0.1, 0.15) is 13.8 Å². The number of hydrogen-bond acceptors (Lipinski definition) is 3. The fraction of sp³-hybridized carbons (Fsp3) is 1.00. The first-order valence-electron chi connectivity index (χ1n) is 4.56. The van der Waals surface area contributed by atoms with Gasteiger partial charge in [-0.25, -0.2) is 13.1 Å². The van der Waals surface area contributed by atoms with Crippen LogP contribution in [0.2, 0.25) is 0 Å². The van der Waals surface area contributed by atoms with E-state index in [4.69, 9.17) is 0 Å². The monoisotopic (exact) mass is 206 g/mol. The molecule has 13 heavy (non-hydrogen) atoms. The Kier molecular flexibility index (Phi) is 3.32. The highest BCUT2D eigenvalue weighted by molar-refractivity contribution is 7.88. The van der Waals surface area contributed by atoms with Gasteiger partial charge >= 0.3 is 0 Å². The number of hydrogen-bond donors (Lipinski definition) is 1. The molecule has 4 nitrogen and oxygen atoms in total. The molecule has 5 heteroatoms. The number of nitrogens with zero attached hydrogens (tertiary/aromatic N) is 1. The Morgan fingerprint density at radius 2 is 2.00 bits per heavy atom. The maximum absolute atomic E-state index is 10.8. The second-order valence-electron chi connectivity index (χ2n) is 4.20. The highest BCUT2D eigenvalue weighted by Crippen LogP contribution is 2.10. The molecule has 0 amide bonds. The Bertz CT molecular complexity index is 255. The Morgan fingerprint density at radius 3 is 2.38 bits per heavy atom. The molecule has 1 saturated heterocycles. The van der Waals surface area contributed by atoms with Gasteiger partial charge in [-0.3, -0.25) is 4.90 Å². The third-order valence-corrected chi connectivity index (χ3v) is 2.72. The van der Waals surface area contributed by atoms with Crippen molar-refractivity contribution < 1.29 is 8.42 Å². The zero-order valence-corrected chi connectivity index (χ0v) is 9.26. The molecule has 1 aliphatic rings. The highest BCUT2D eigenvalue weighted by Gasteiger charge is 2.28. The van der Waals surface area contributed by atoms with E-state index in [0.29, 0.717) is 5.92 Å². The molecule has 0 aromatic rings. The minimum absolute atomic E-state index is 0.133. The Morgan fingerprint density at radius 1 is 1.46 bits per heavy atom. The number of nitrogens with one attached hydrogen (secondary N) is 1. The van der Waals surface area contributed by atoms with Crippen LogP contribution in [0.25, 0.3) is 0 Å². The molecule has 0 unspecified atom stereocenters. The van der Waals surface area contributed by atoms with Crippen LogP contribution in [0, 0.1) is 5.92 Å². The van der Waals surface area contributed by atoms with Crippen molar-refractivity contribution in [2.45, 2.75) is 19.9 Å². The molecule has 1 N–H and O–H groups in total. The number of likely N-dealkylation sites (tertiary alicyclic amines) is 1. The average molecular weight is 206 g/mol. The molecule has 0 aromatic carbocycles. The number of sulfonamides is 1. The summed E-state index contributed by atoms with van der Waals surface area (Å²) in [6.45, 7) is 7.09. The SMILES string of the molecule is CC(C)CN1CC(NS(C)(=O)=O)C1. The minimum atomic E-state index is -3.01. The molecule has 1 rings (SSSR count). The normalized spacial score (nSPS) is 20.6. The molecule has 0 radical (unpaired) electrons. The molecule has 0 saturated carbocycles. The van der Waals surface area contributed by atoms with E-state index in [1.807, 2.05) is 0 Å². The van der Waals surface area contributed by atoms with Gasteiger partial charge in [-0.05, 0) is 5.92 Å². The Labute approximate surface area is 80.4 Å². The summed E-state index contributed by atoms with van der Waals surface area (Å²) in [7, 11) is -3.01. The van der Waals surface area contributed by atoms with Gasteiger partial charge in [0, 0.05) is 25.7 Å². The van der Waals surface area contributed by atoms with Gasteiger partial charge in [0.25, 0.3) is 0 Å². The molecule has 0 aliphatic carbocycles. The summed E-state index contributed by atoms with van der Waals surface area (Å²) in [5, 5.41) is 0. The topological polar surface area (TPSA) is 49.4 Å². The summed E-state index contributed by atoms with van der Waals surface area (Å²) in [5.41, 5.74) is 0. The summed E-state index contributed by atoms with van der Waals surface area (Å²) in [5.74, 6) is 0.652. The fourth-order valence-electron chi connectivity index (χ4n) is 1.61. The van der Waals surface area contributed by atoms with Crippen molar-refractivity contribution in [3.8, 4) is 0 Å². The Hall–Kier alpha value is -0.130. The average Bonchev–Trinajstić information content (AvgIpc) is 1.78. The molecule has 1 fully saturated rings. The van der Waals surface area contributed by atoms with Crippen LogP contribution in [0.5, 0.6) is 0 Å². The van der Waals surface area contributed by atoms with Gasteiger partial charge < -0.3 is 0 Å². The van der Waals surface area contributed by atoms with Gasteiger partial charge in [-0.2, -0.15) is 0 Å². The van der Waals surface area contributed by atoms with Crippen LogP contribution in [0.4, 0.5) is 0 Å². The first-order valence-corrected chi connectivity index (χ1v) is 6.45. The van der Waals surface area contributed by atoms with Crippen molar-refractivity contribution in [1.29, 1.82) is 0 Å². The molecule has 0 spiro atoms. The Balaban J connectivity index is 2.19.